The van der Waals surface area contributed by atoms with Gasteiger partial charge in [-0.1, -0.05) is 0 Å². The molecule has 0 saturated carbocycles. The first-order valence-electron chi connectivity index (χ1n) is 8.53. The van der Waals surface area contributed by atoms with Crippen LogP contribution in [0.25, 0.3) is 0 Å². The molecule has 124 valence electrons. The topological polar surface area (TPSA) is 52.7 Å². The minimum atomic E-state index is 0.102. The molecule has 1 atom stereocenters. The fraction of sp³-hybridized carbons (Fsp3) is 0.556. The first-order chi connectivity index (χ1) is 11.2. The molecular formula is C18H25N3O2. The van der Waals surface area contributed by atoms with Crippen molar-refractivity contribution in [3.8, 4) is 0 Å². The van der Waals surface area contributed by atoms with E-state index in [2.05, 4.69) is 5.32 Å². The zero-order chi connectivity index (χ0) is 16.2. The highest BCUT2D eigenvalue weighted by atomic mass is 16.2. The molecule has 5 nitrogen and oxygen atoms in total. The van der Waals surface area contributed by atoms with E-state index in [0.29, 0.717) is 17.9 Å². The second kappa shape index (κ2) is 7.13. The van der Waals surface area contributed by atoms with E-state index in [1.165, 1.54) is 6.42 Å². The summed E-state index contributed by atoms with van der Waals surface area (Å²) in [6, 6.07) is 7.49. The molecule has 1 aromatic rings. The number of amides is 2. The number of nitrogens with one attached hydrogen (secondary N) is 1. The average molecular weight is 315 g/mol. The summed E-state index contributed by atoms with van der Waals surface area (Å²) in [5.74, 6) is 0.819. The van der Waals surface area contributed by atoms with Crippen molar-refractivity contribution in [2.75, 3.05) is 38.1 Å². The lowest BCUT2D eigenvalue weighted by molar-refractivity contribution is -0.117. The van der Waals surface area contributed by atoms with Crippen LogP contribution in [-0.2, 0) is 4.79 Å². The van der Waals surface area contributed by atoms with Gasteiger partial charge in [-0.25, -0.2) is 0 Å². The predicted octanol–water partition coefficient (Wildman–Crippen LogP) is 1.88. The highest BCUT2D eigenvalue weighted by Gasteiger charge is 2.25. The number of hydrogen-bond donors (Lipinski definition) is 1. The molecule has 0 bridgehead atoms. The molecular weight excluding hydrogens is 290 g/mol. The molecule has 2 saturated heterocycles. The monoisotopic (exact) mass is 315 g/mol. The third kappa shape index (κ3) is 3.55. The molecule has 0 aromatic heterocycles. The Morgan fingerprint density at radius 1 is 1.22 bits per heavy atom. The highest BCUT2D eigenvalue weighted by molar-refractivity contribution is 5.97. The number of nitrogens with zero attached hydrogens (tertiary/aromatic N) is 2. The standard InChI is InChI=1S/C18H25N3O2/c1-19-12-14-4-2-10-20(13-14)18(23)15-6-8-16(9-7-15)21-11-3-5-17(21)22/h6-9,14,19H,2-5,10-13H2,1H3. The van der Waals surface area contributed by atoms with E-state index < -0.39 is 0 Å². The van der Waals surface area contributed by atoms with Gasteiger partial charge in [0, 0.05) is 37.3 Å². The van der Waals surface area contributed by atoms with Crippen LogP contribution >= 0.6 is 0 Å². The number of piperidine rings is 1. The Balaban J connectivity index is 1.66. The number of carbonyl (C=O) groups is 2. The summed E-state index contributed by atoms with van der Waals surface area (Å²) in [5, 5.41) is 3.20. The Morgan fingerprint density at radius 3 is 2.65 bits per heavy atom. The zero-order valence-corrected chi connectivity index (χ0v) is 13.8. The maximum absolute atomic E-state index is 12.7. The first-order valence-corrected chi connectivity index (χ1v) is 8.53. The smallest absolute Gasteiger partial charge is 0.253 e. The van der Waals surface area contributed by atoms with Gasteiger partial charge < -0.3 is 15.1 Å². The maximum atomic E-state index is 12.7. The summed E-state index contributed by atoms with van der Waals surface area (Å²) in [6.07, 6.45) is 3.79. The molecule has 23 heavy (non-hydrogen) atoms. The van der Waals surface area contributed by atoms with E-state index in [1.54, 1.807) is 4.90 Å². The van der Waals surface area contributed by atoms with E-state index in [0.717, 1.165) is 44.7 Å². The van der Waals surface area contributed by atoms with Gasteiger partial charge in [0.15, 0.2) is 0 Å². The van der Waals surface area contributed by atoms with Crippen molar-refractivity contribution < 1.29 is 9.59 Å². The minimum Gasteiger partial charge on any atom is -0.338 e. The summed E-state index contributed by atoms with van der Waals surface area (Å²) in [4.78, 5) is 28.2. The fourth-order valence-electron chi connectivity index (χ4n) is 3.59. The van der Waals surface area contributed by atoms with E-state index >= 15 is 0 Å². The molecule has 2 amide bonds. The van der Waals surface area contributed by atoms with E-state index in [-0.39, 0.29) is 11.8 Å². The van der Waals surface area contributed by atoms with Crippen molar-refractivity contribution in [2.24, 2.45) is 5.92 Å². The number of hydrogen-bond acceptors (Lipinski definition) is 3. The van der Waals surface area contributed by atoms with E-state index in [9.17, 15) is 9.59 Å². The Labute approximate surface area is 137 Å². The number of benzene rings is 1. The largest absolute Gasteiger partial charge is 0.338 e. The van der Waals surface area contributed by atoms with Crippen molar-refractivity contribution in [1.82, 2.24) is 10.2 Å². The van der Waals surface area contributed by atoms with Gasteiger partial charge in [-0.3, -0.25) is 9.59 Å². The van der Waals surface area contributed by atoms with Gasteiger partial charge in [0.25, 0.3) is 5.91 Å². The summed E-state index contributed by atoms with van der Waals surface area (Å²) < 4.78 is 0. The number of likely N-dealkylation sites (tertiary alicyclic amines) is 1. The Bertz CT molecular complexity index is 568. The van der Waals surface area contributed by atoms with Crippen LogP contribution in [0.5, 0.6) is 0 Å². The molecule has 5 heteroatoms. The molecule has 3 rings (SSSR count). The molecule has 1 aromatic carbocycles. The van der Waals surface area contributed by atoms with E-state index in [4.69, 9.17) is 0 Å². The molecule has 0 spiro atoms. The van der Waals surface area contributed by atoms with Gasteiger partial charge in [-0.2, -0.15) is 0 Å². The Hall–Kier alpha value is -1.88. The van der Waals surface area contributed by atoms with Gasteiger partial charge in [0.2, 0.25) is 5.91 Å². The van der Waals surface area contributed by atoms with E-state index in [1.807, 2.05) is 36.2 Å². The molecule has 0 aliphatic carbocycles. The van der Waals surface area contributed by atoms with Crippen molar-refractivity contribution in [1.29, 1.82) is 0 Å². The normalized spacial score (nSPS) is 21.8. The zero-order valence-electron chi connectivity index (χ0n) is 13.8. The maximum Gasteiger partial charge on any atom is 0.253 e. The molecule has 2 fully saturated rings. The van der Waals surface area contributed by atoms with Crippen molar-refractivity contribution in [2.45, 2.75) is 25.7 Å². The SMILES string of the molecule is CNCC1CCCN(C(=O)c2ccc(N3CCCC3=O)cc2)C1. The van der Waals surface area contributed by atoms with Crippen molar-refractivity contribution in [3.63, 3.8) is 0 Å². The molecule has 2 heterocycles. The molecule has 1 unspecified atom stereocenters. The number of rotatable bonds is 4. The van der Waals surface area contributed by atoms with Crippen LogP contribution in [0.15, 0.2) is 24.3 Å². The molecule has 0 radical (unpaired) electrons. The summed E-state index contributed by atoms with van der Waals surface area (Å²) in [5.41, 5.74) is 1.61. The molecule has 2 aliphatic rings. The Kier molecular flexibility index (Phi) is 4.96. The third-order valence-electron chi connectivity index (χ3n) is 4.80. The van der Waals surface area contributed by atoms with Crippen molar-refractivity contribution in [3.05, 3.63) is 29.8 Å². The van der Waals surface area contributed by atoms with Crippen LogP contribution in [-0.4, -0.2) is 49.9 Å². The average Bonchev–Trinajstić information content (AvgIpc) is 3.01. The van der Waals surface area contributed by atoms with Gasteiger partial charge in [-0.15, -0.1) is 0 Å². The second-order valence-electron chi connectivity index (χ2n) is 6.51. The quantitative estimate of drug-likeness (QED) is 0.923. The van der Waals surface area contributed by atoms with Crippen LogP contribution in [0.4, 0.5) is 5.69 Å². The van der Waals surface area contributed by atoms with Crippen LogP contribution in [0.3, 0.4) is 0 Å². The van der Waals surface area contributed by atoms with Gasteiger partial charge in [0.1, 0.15) is 0 Å². The van der Waals surface area contributed by atoms with Crippen molar-refractivity contribution >= 4 is 17.5 Å². The number of anilines is 1. The summed E-state index contributed by atoms with van der Waals surface area (Å²) >= 11 is 0. The minimum absolute atomic E-state index is 0.102. The highest BCUT2D eigenvalue weighted by Crippen LogP contribution is 2.23. The van der Waals surface area contributed by atoms with Crippen LogP contribution in [0.1, 0.15) is 36.0 Å². The fourth-order valence-corrected chi connectivity index (χ4v) is 3.59. The predicted molar refractivity (Wildman–Crippen MR) is 90.6 cm³/mol. The first kappa shape index (κ1) is 16.0. The third-order valence-corrected chi connectivity index (χ3v) is 4.80. The lowest BCUT2D eigenvalue weighted by Crippen LogP contribution is -2.42. The van der Waals surface area contributed by atoms with Gasteiger partial charge in [-0.05, 0) is 63.0 Å². The summed E-state index contributed by atoms with van der Waals surface area (Å²) in [6.45, 7) is 3.40. The number of carbonyl (C=O) groups excluding carboxylic acids is 2. The molecule has 1 N–H and O–H groups in total. The van der Waals surface area contributed by atoms with Crippen LogP contribution in [0, 0.1) is 5.92 Å². The van der Waals surface area contributed by atoms with Gasteiger partial charge >= 0.3 is 0 Å². The van der Waals surface area contributed by atoms with Gasteiger partial charge in [0.05, 0.1) is 0 Å². The summed E-state index contributed by atoms with van der Waals surface area (Å²) in [7, 11) is 1.96. The lowest BCUT2D eigenvalue weighted by Gasteiger charge is -2.32. The Morgan fingerprint density at radius 2 is 2.00 bits per heavy atom. The van der Waals surface area contributed by atoms with Crippen LogP contribution in [0.2, 0.25) is 0 Å². The van der Waals surface area contributed by atoms with Crippen LogP contribution < -0.4 is 10.2 Å². The lowest BCUT2D eigenvalue weighted by atomic mass is 9.97. The molecule has 2 aliphatic heterocycles. The second-order valence-corrected chi connectivity index (χ2v) is 6.51.